The van der Waals surface area contributed by atoms with Gasteiger partial charge in [0.05, 0.1) is 5.92 Å². The Kier molecular flexibility index (Phi) is 3.89. The minimum Gasteiger partial charge on any atom is -0.481 e. The quantitative estimate of drug-likeness (QED) is 0.822. The molecule has 0 aromatic heterocycles. The molecule has 0 fully saturated rings. The van der Waals surface area contributed by atoms with Crippen molar-refractivity contribution in [3.63, 3.8) is 0 Å². The highest BCUT2D eigenvalue weighted by Gasteiger charge is 2.14. The number of benzene rings is 1. The molecule has 0 aliphatic carbocycles. The van der Waals surface area contributed by atoms with E-state index in [1.807, 2.05) is 18.2 Å². The Morgan fingerprint density at radius 1 is 1.27 bits per heavy atom. The van der Waals surface area contributed by atoms with Crippen LogP contribution in [0.25, 0.3) is 0 Å². The second-order valence-corrected chi connectivity index (χ2v) is 4.30. The van der Waals surface area contributed by atoms with E-state index < -0.39 is 5.97 Å². The summed E-state index contributed by atoms with van der Waals surface area (Å²) in [5.41, 5.74) is 2.41. The van der Waals surface area contributed by atoms with Gasteiger partial charge in [-0.2, -0.15) is 0 Å². The lowest BCUT2D eigenvalue weighted by Crippen LogP contribution is -2.13. The Balaban J connectivity index is 2.89. The van der Waals surface area contributed by atoms with Gasteiger partial charge in [-0.3, -0.25) is 4.79 Å². The Labute approximate surface area is 90.9 Å². The maximum Gasteiger partial charge on any atom is 0.306 e. The highest BCUT2D eigenvalue weighted by atomic mass is 16.4. The molecule has 2 heteroatoms. The van der Waals surface area contributed by atoms with Gasteiger partial charge >= 0.3 is 5.97 Å². The highest BCUT2D eigenvalue weighted by Crippen LogP contribution is 2.21. The Bertz CT molecular complexity index is 342. The molecule has 0 bridgehead atoms. The molecule has 0 amide bonds. The van der Waals surface area contributed by atoms with Gasteiger partial charge in [-0.05, 0) is 23.5 Å². The maximum absolute atomic E-state index is 10.8. The van der Waals surface area contributed by atoms with Crippen LogP contribution in [0, 0.1) is 5.92 Å². The molecule has 2 nitrogen and oxygen atoms in total. The fourth-order valence-corrected chi connectivity index (χ4v) is 1.70. The summed E-state index contributed by atoms with van der Waals surface area (Å²) in [5, 5.41) is 8.87. The van der Waals surface area contributed by atoms with Gasteiger partial charge < -0.3 is 5.11 Å². The van der Waals surface area contributed by atoms with E-state index in [9.17, 15) is 4.79 Å². The summed E-state index contributed by atoms with van der Waals surface area (Å²) in [5.74, 6) is -0.597. The monoisotopic (exact) mass is 206 g/mol. The largest absolute Gasteiger partial charge is 0.481 e. The molecule has 0 saturated carbocycles. The second-order valence-electron chi connectivity index (χ2n) is 4.30. The van der Waals surface area contributed by atoms with Crippen LogP contribution in [-0.4, -0.2) is 11.1 Å². The molecule has 0 aliphatic rings. The zero-order valence-electron chi connectivity index (χ0n) is 9.53. The van der Waals surface area contributed by atoms with E-state index in [-0.39, 0.29) is 5.92 Å². The summed E-state index contributed by atoms with van der Waals surface area (Å²) in [6.07, 6.45) is 0.615. The fraction of sp³-hybridized carbons (Fsp3) is 0.462. The van der Waals surface area contributed by atoms with Crippen molar-refractivity contribution in [3.8, 4) is 0 Å². The number of carboxylic acid groups (broad SMARTS) is 1. The summed E-state index contributed by atoms with van der Waals surface area (Å²) < 4.78 is 0. The van der Waals surface area contributed by atoms with Crippen molar-refractivity contribution in [1.29, 1.82) is 0 Å². The van der Waals surface area contributed by atoms with Crippen molar-refractivity contribution in [3.05, 3.63) is 35.4 Å². The minimum atomic E-state index is -0.728. The molecule has 82 valence electrons. The van der Waals surface area contributed by atoms with Crippen LogP contribution in [0.15, 0.2) is 24.3 Å². The fourth-order valence-electron chi connectivity index (χ4n) is 1.70. The number of rotatable bonds is 4. The normalized spacial score (nSPS) is 12.8. The van der Waals surface area contributed by atoms with Gasteiger partial charge in [-0.25, -0.2) is 0 Å². The van der Waals surface area contributed by atoms with Crippen LogP contribution in [-0.2, 0) is 11.2 Å². The Morgan fingerprint density at radius 2 is 1.87 bits per heavy atom. The predicted molar refractivity (Wildman–Crippen MR) is 61.0 cm³/mol. The van der Waals surface area contributed by atoms with Crippen LogP contribution < -0.4 is 0 Å². The first-order chi connectivity index (χ1) is 7.02. The average molecular weight is 206 g/mol. The Morgan fingerprint density at radius 3 is 2.40 bits per heavy atom. The lowest BCUT2D eigenvalue weighted by atomic mass is 9.91. The first-order valence-electron chi connectivity index (χ1n) is 5.33. The number of carbonyl (C=O) groups is 1. The van der Waals surface area contributed by atoms with Crippen LogP contribution >= 0.6 is 0 Å². The zero-order chi connectivity index (χ0) is 11.4. The van der Waals surface area contributed by atoms with E-state index in [0.29, 0.717) is 12.3 Å². The molecule has 0 heterocycles. The average Bonchev–Trinajstić information content (AvgIpc) is 2.18. The summed E-state index contributed by atoms with van der Waals surface area (Å²) in [6.45, 7) is 6.01. The van der Waals surface area contributed by atoms with E-state index in [1.165, 1.54) is 5.56 Å². The molecule has 1 unspecified atom stereocenters. The topological polar surface area (TPSA) is 37.3 Å². The SMILES string of the molecule is CC(Cc1ccccc1C(C)C)C(=O)O. The van der Waals surface area contributed by atoms with Crippen molar-refractivity contribution >= 4 is 5.97 Å². The molecule has 1 aromatic rings. The second kappa shape index (κ2) is 4.96. The molecule has 1 atom stereocenters. The smallest absolute Gasteiger partial charge is 0.306 e. The van der Waals surface area contributed by atoms with Gasteiger partial charge in [-0.15, -0.1) is 0 Å². The molecular formula is C13H18O2. The molecule has 1 rings (SSSR count). The summed E-state index contributed by atoms with van der Waals surface area (Å²) >= 11 is 0. The lowest BCUT2D eigenvalue weighted by molar-refractivity contribution is -0.141. The molecule has 0 saturated heterocycles. The summed E-state index contributed by atoms with van der Waals surface area (Å²) in [6, 6.07) is 8.07. The molecular weight excluding hydrogens is 188 g/mol. The molecule has 0 aliphatic heterocycles. The van der Waals surface area contributed by atoms with E-state index in [4.69, 9.17) is 5.11 Å². The molecule has 0 spiro atoms. The lowest BCUT2D eigenvalue weighted by Gasteiger charge is -2.14. The zero-order valence-corrected chi connectivity index (χ0v) is 9.53. The third kappa shape index (κ3) is 3.08. The highest BCUT2D eigenvalue weighted by molar-refractivity contribution is 5.70. The van der Waals surface area contributed by atoms with E-state index >= 15 is 0 Å². The first kappa shape index (κ1) is 11.8. The Hall–Kier alpha value is -1.31. The van der Waals surface area contributed by atoms with Crippen molar-refractivity contribution in [2.45, 2.75) is 33.1 Å². The number of aliphatic carboxylic acids is 1. The molecule has 0 radical (unpaired) electrons. The number of hydrogen-bond donors (Lipinski definition) is 1. The number of hydrogen-bond acceptors (Lipinski definition) is 1. The van der Waals surface area contributed by atoms with Crippen molar-refractivity contribution < 1.29 is 9.90 Å². The number of carboxylic acids is 1. The van der Waals surface area contributed by atoms with Crippen LogP contribution in [0.4, 0.5) is 0 Å². The standard InChI is InChI=1S/C13H18O2/c1-9(2)12-7-5-4-6-11(12)8-10(3)13(14)15/h4-7,9-10H,8H2,1-3H3,(H,14,15). The predicted octanol–water partition coefficient (Wildman–Crippen LogP) is 3.07. The van der Waals surface area contributed by atoms with Gasteiger partial charge in [0.1, 0.15) is 0 Å². The van der Waals surface area contributed by atoms with Crippen molar-refractivity contribution in [1.82, 2.24) is 0 Å². The maximum atomic E-state index is 10.8. The van der Waals surface area contributed by atoms with Gasteiger partial charge in [0.2, 0.25) is 0 Å². The van der Waals surface area contributed by atoms with Gasteiger partial charge in [0.15, 0.2) is 0 Å². The summed E-state index contributed by atoms with van der Waals surface area (Å²) in [7, 11) is 0. The van der Waals surface area contributed by atoms with Gasteiger partial charge in [0.25, 0.3) is 0 Å². The van der Waals surface area contributed by atoms with Crippen LogP contribution in [0.5, 0.6) is 0 Å². The van der Waals surface area contributed by atoms with Crippen LogP contribution in [0.3, 0.4) is 0 Å². The third-order valence-corrected chi connectivity index (χ3v) is 2.62. The third-order valence-electron chi connectivity index (χ3n) is 2.62. The summed E-state index contributed by atoms with van der Waals surface area (Å²) in [4.78, 5) is 10.8. The van der Waals surface area contributed by atoms with Crippen LogP contribution in [0.2, 0.25) is 0 Å². The van der Waals surface area contributed by atoms with Crippen LogP contribution in [0.1, 0.15) is 37.8 Å². The minimum absolute atomic E-state index is 0.315. The van der Waals surface area contributed by atoms with E-state index in [0.717, 1.165) is 5.56 Å². The molecule has 15 heavy (non-hydrogen) atoms. The first-order valence-corrected chi connectivity index (χ1v) is 5.33. The van der Waals surface area contributed by atoms with Crippen molar-refractivity contribution in [2.75, 3.05) is 0 Å². The molecule has 1 aromatic carbocycles. The van der Waals surface area contributed by atoms with E-state index in [1.54, 1.807) is 6.92 Å². The van der Waals surface area contributed by atoms with Gasteiger partial charge in [-0.1, -0.05) is 45.0 Å². The van der Waals surface area contributed by atoms with Crippen molar-refractivity contribution in [2.24, 2.45) is 5.92 Å². The van der Waals surface area contributed by atoms with E-state index in [2.05, 4.69) is 19.9 Å². The van der Waals surface area contributed by atoms with Gasteiger partial charge in [0, 0.05) is 0 Å². The molecule has 1 N–H and O–H groups in total.